The molecule has 1 fully saturated rings. The summed E-state index contributed by atoms with van der Waals surface area (Å²) in [5.41, 5.74) is 1.97. The van der Waals surface area contributed by atoms with E-state index < -0.39 is 0 Å². The van der Waals surface area contributed by atoms with Crippen LogP contribution in [0.1, 0.15) is 33.6 Å². The molecule has 5 nitrogen and oxygen atoms in total. The summed E-state index contributed by atoms with van der Waals surface area (Å²) in [4.78, 5) is 13.0. The summed E-state index contributed by atoms with van der Waals surface area (Å²) in [6.45, 7) is 8.07. The molecule has 0 aliphatic carbocycles. The van der Waals surface area contributed by atoms with Gasteiger partial charge in [0.1, 0.15) is 0 Å². The molecule has 5 heteroatoms. The van der Waals surface area contributed by atoms with Gasteiger partial charge in [0.2, 0.25) is 0 Å². The Hall–Kier alpha value is -1.78. The average molecular weight is 263 g/mol. The van der Waals surface area contributed by atoms with Crippen LogP contribution in [0, 0.1) is 10.1 Å². The molecule has 1 aliphatic rings. The van der Waals surface area contributed by atoms with Gasteiger partial charge in [-0.1, -0.05) is 0 Å². The van der Waals surface area contributed by atoms with Gasteiger partial charge in [-0.15, -0.1) is 0 Å². The summed E-state index contributed by atoms with van der Waals surface area (Å²) < 4.78 is 0. The third-order valence-corrected chi connectivity index (χ3v) is 3.71. The molecular weight excluding hydrogens is 242 g/mol. The van der Waals surface area contributed by atoms with E-state index >= 15 is 0 Å². The molecular formula is C14H21N3O2. The number of benzene rings is 1. The fourth-order valence-electron chi connectivity index (χ4n) is 2.75. The van der Waals surface area contributed by atoms with E-state index in [2.05, 4.69) is 24.1 Å². The predicted octanol–water partition coefficient (Wildman–Crippen LogP) is 3.41. The molecule has 2 rings (SSSR count). The summed E-state index contributed by atoms with van der Waals surface area (Å²) in [6.07, 6.45) is 2.25. The number of nitro benzene ring substituents is 1. The quantitative estimate of drug-likeness (QED) is 0.668. The van der Waals surface area contributed by atoms with Crippen molar-refractivity contribution in [2.75, 3.05) is 23.3 Å². The van der Waals surface area contributed by atoms with Crippen molar-refractivity contribution in [3.05, 3.63) is 28.3 Å². The lowest BCUT2D eigenvalue weighted by Crippen LogP contribution is -2.38. The molecule has 1 aromatic carbocycles. The molecule has 0 atom stereocenters. The second-order valence-electron chi connectivity index (χ2n) is 5.59. The van der Waals surface area contributed by atoms with Crippen LogP contribution in [-0.2, 0) is 0 Å². The fourth-order valence-corrected chi connectivity index (χ4v) is 2.75. The molecule has 0 bridgehead atoms. The normalized spacial score (nSPS) is 17.5. The van der Waals surface area contributed by atoms with Crippen LogP contribution < -0.4 is 10.2 Å². The Morgan fingerprint density at radius 2 is 2.16 bits per heavy atom. The van der Waals surface area contributed by atoms with E-state index in [0.29, 0.717) is 0 Å². The van der Waals surface area contributed by atoms with Crippen LogP contribution in [0.25, 0.3) is 0 Å². The van der Waals surface area contributed by atoms with Crippen LogP contribution in [0.2, 0.25) is 0 Å². The Balaban J connectivity index is 2.41. The summed E-state index contributed by atoms with van der Waals surface area (Å²) in [5, 5.41) is 14.2. The third kappa shape index (κ3) is 2.80. The van der Waals surface area contributed by atoms with Gasteiger partial charge >= 0.3 is 0 Å². The summed E-state index contributed by atoms with van der Waals surface area (Å²) in [5.74, 6) is 0. The molecule has 1 N–H and O–H groups in total. The van der Waals surface area contributed by atoms with E-state index in [-0.39, 0.29) is 16.1 Å². The molecule has 1 aromatic rings. The predicted molar refractivity (Wildman–Crippen MR) is 77.9 cm³/mol. The first kappa shape index (κ1) is 13.6. The number of nitrogens with zero attached hydrogens (tertiary/aromatic N) is 2. The number of anilines is 2. The molecule has 1 heterocycles. The van der Waals surface area contributed by atoms with Gasteiger partial charge in [-0.2, -0.15) is 0 Å². The Morgan fingerprint density at radius 1 is 1.42 bits per heavy atom. The zero-order chi connectivity index (χ0) is 14.0. The molecule has 0 spiro atoms. The zero-order valence-corrected chi connectivity index (χ0v) is 11.8. The zero-order valence-electron chi connectivity index (χ0n) is 11.8. The summed E-state index contributed by atoms with van der Waals surface area (Å²) in [6, 6.07) is 5.27. The van der Waals surface area contributed by atoms with E-state index in [4.69, 9.17) is 0 Å². The van der Waals surface area contributed by atoms with Crippen LogP contribution >= 0.6 is 0 Å². The topological polar surface area (TPSA) is 58.4 Å². The number of rotatable bonds is 4. The Kier molecular flexibility index (Phi) is 3.64. The molecule has 104 valence electrons. The van der Waals surface area contributed by atoms with E-state index in [9.17, 15) is 10.1 Å². The lowest BCUT2D eigenvalue weighted by molar-refractivity contribution is -0.384. The molecule has 0 aromatic heterocycles. The van der Waals surface area contributed by atoms with Gasteiger partial charge in [-0.3, -0.25) is 10.1 Å². The highest BCUT2D eigenvalue weighted by atomic mass is 16.6. The molecule has 0 amide bonds. The van der Waals surface area contributed by atoms with Crippen LogP contribution in [0.15, 0.2) is 18.2 Å². The van der Waals surface area contributed by atoms with Crippen molar-refractivity contribution in [3.63, 3.8) is 0 Å². The molecule has 19 heavy (non-hydrogen) atoms. The van der Waals surface area contributed by atoms with Crippen LogP contribution in [-0.4, -0.2) is 23.6 Å². The third-order valence-electron chi connectivity index (χ3n) is 3.71. The standard InChI is InChI=1S/C14H21N3O2/c1-4-15-11-8-12(10-13(9-11)17(18)19)16-7-5-6-14(16,2)3/h8-10,15H,4-7H2,1-3H3. The molecule has 0 saturated carbocycles. The van der Waals surface area contributed by atoms with Crippen LogP contribution in [0.4, 0.5) is 17.1 Å². The minimum Gasteiger partial charge on any atom is -0.385 e. The van der Waals surface area contributed by atoms with Crippen molar-refractivity contribution in [1.29, 1.82) is 0 Å². The first-order chi connectivity index (χ1) is 8.94. The number of nitrogens with one attached hydrogen (secondary N) is 1. The number of nitro groups is 1. The van der Waals surface area contributed by atoms with Crippen molar-refractivity contribution in [1.82, 2.24) is 0 Å². The van der Waals surface area contributed by atoms with Crippen molar-refractivity contribution >= 4 is 17.1 Å². The molecule has 0 radical (unpaired) electrons. The maximum absolute atomic E-state index is 11.0. The molecule has 1 saturated heterocycles. The number of hydrogen-bond acceptors (Lipinski definition) is 4. The van der Waals surface area contributed by atoms with Gasteiger partial charge in [0.25, 0.3) is 5.69 Å². The second kappa shape index (κ2) is 5.07. The monoisotopic (exact) mass is 263 g/mol. The van der Waals surface area contributed by atoms with Gasteiger partial charge in [0.15, 0.2) is 0 Å². The maximum atomic E-state index is 11.0. The number of hydrogen-bond donors (Lipinski definition) is 1. The lowest BCUT2D eigenvalue weighted by Gasteiger charge is -2.33. The van der Waals surface area contributed by atoms with Gasteiger partial charge in [-0.25, -0.2) is 0 Å². The first-order valence-corrected chi connectivity index (χ1v) is 6.75. The van der Waals surface area contributed by atoms with Gasteiger partial charge in [-0.05, 0) is 39.7 Å². The van der Waals surface area contributed by atoms with Crippen molar-refractivity contribution in [2.24, 2.45) is 0 Å². The highest BCUT2D eigenvalue weighted by Gasteiger charge is 2.32. The number of non-ortho nitro benzene ring substituents is 1. The SMILES string of the molecule is CCNc1cc(N2CCCC2(C)C)cc([N+](=O)[O-])c1. The largest absolute Gasteiger partial charge is 0.385 e. The van der Waals surface area contributed by atoms with Gasteiger partial charge < -0.3 is 10.2 Å². The summed E-state index contributed by atoms with van der Waals surface area (Å²) in [7, 11) is 0. The lowest BCUT2D eigenvalue weighted by atomic mass is 10.0. The van der Waals surface area contributed by atoms with Gasteiger partial charge in [0.05, 0.1) is 4.92 Å². The molecule has 0 unspecified atom stereocenters. The highest BCUT2D eigenvalue weighted by Crippen LogP contribution is 2.36. The fraction of sp³-hybridized carbons (Fsp3) is 0.571. The Morgan fingerprint density at radius 3 is 2.68 bits per heavy atom. The Labute approximate surface area is 113 Å². The minimum absolute atomic E-state index is 0.0682. The van der Waals surface area contributed by atoms with Crippen molar-refractivity contribution < 1.29 is 4.92 Å². The molecule has 1 aliphatic heterocycles. The van der Waals surface area contributed by atoms with Crippen molar-refractivity contribution in [2.45, 2.75) is 39.2 Å². The van der Waals surface area contributed by atoms with Crippen LogP contribution in [0.3, 0.4) is 0 Å². The minimum atomic E-state index is -0.326. The Bertz CT molecular complexity index is 486. The van der Waals surface area contributed by atoms with E-state index in [1.807, 2.05) is 13.0 Å². The van der Waals surface area contributed by atoms with Gasteiger partial charge in [0, 0.05) is 42.1 Å². The first-order valence-electron chi connectivity index (χ1n) is 6.75. The van der Waals surface area contributed by atoms with Crippen molar-refractivity contribution in [3.8, 4) is 0 Å². The maximum Gasteiger partial charge on any atom is 0.273 e. The second-order valence-corrected chi connectivity index (χ2v) is 5.59. The highest BCUT2D eigenvalue weighted by molar-refractivity contribution is 5.65. The van der Waals surface area contributed by atoms with E-state index in [1.54, 1.807) is 12.1 Å². The van der Waals surface area contributed by atoms with E-state index in [0.717, 1.165) is 37.3 Å². The summed E-state index contributed by atoms with van der Waals surface area (Å²) >= 11 is 0. The van der Waals surface area contributed by atoms with E-state index in [1.165, 1.54) is 0 Å². The van der Waals surface area contributed by atoms with Crippen LogP contribution in [0.5, 0.6) is 0 Å². The smallest absolute Gasteiger partial charge is 0.273 e. The average Bonchev–Trinajstić information content (AvgIpc) is 2.69.